The largest absolute Gasteiger partial charge is 0.353 e. The summed E-state index contributed by atoms with van der Waals surface area (Å²) >= 11 is 0. The number of carbonyl (C=O) groups is 2. The SMILES string of the molecule is Cn1cccc1CNC(=O)C1CC(=O)N(c2ccccn2)C1. The van der Waals surface area contributed by atoms with Gasteiger partial charge in [0.1, 0.15) is 5.82 Å². The van der Waals surface area contributed by atoms with Gasteiger partial charge in [-0.2, -0.15) is 0 Å². The highest BCUT2D eigenvalue weighted by atomic mass is 16.2. The van der Waals surface area contributed by atoms with Gasteiger partial charge in [-0.15, -0.1) is 0 Å². The van der Waals surface area contributed by atoms with E-state index in [1.807, 2.05) is 36.0 Å². The third-order valence-corrected chi connectivity index (χ3v) is 3.92. The Morgan fingerprint density at radius 2 is 2.23 bits per heavy atom. The fraction of sp³-hybridized carbons (Fsp3) is 0.312. The number of pyridine rings is 1. The Balaban J connectivity index is 1.61. The summed E-state index contributed by atoms with van der Waals surface area (Å²) < 4.78 is 1.96. The summed E-state index contributed by atoms with van der Waals surface area (Å²) in [5, 5.41) is 2.90. The Hall–Kier alpha value is -2.63. The van der Waals surface area contributed by atoms with Gasteiger partial charge in [0.15, 0.2) is 0 Å². The van der Waals surface area contributed by atoms with E-state index in [1.54, 1.807) is 23.2 Å². The zero-order valence-corrected chi connectivity index (χ0v) is 12.4. The van der Waals surface area contributed by atoms with Crippen LogP contribution in [0.2, 0.25) is 0 Å². The van der Waals surface area contributed by atoms with E-state index in [4.69, 9.17) is 0 Å². The zero-order valence-electron chi connectivity index (χ0n) is 12.4. The number of rotatable bonds is 4. The lowest BCUT2D eigenvalue weighted by Gasteiger charge is -2.15. The number of hydrogen-bond acceptors (Lipinski definition) is 3. The Labute approximate surface area is 128 Å². The molecule has 2 amide bonds. The van der Waals surface area contributed by atoms with E-state index in [9.17, 15) is 9.59 Å². The lowest BCUT2D eigenvalue weighted by Crippen LogP contribution is -2.33. The van der Waals surface area contributed by atoms with Gasteiger partial charge >= 0.3 is 0 Å². The van der Waals surface area contributed by atoms with Gasteiger partial charge in [0.2, 0.25) is 11.8 Å². The van der Waals surface area contributed by atoms with E-state index >= 15 is 0 Å². The Bertz CT molecular complexity index is 680. The molecule has 114 valence electrons. The molecule has 22 heavy (non-hydrogen) atoms. The van der Waals surface area contributed by atoms with Crippen LogP contribution in [-0.2, 0) is 23.2 Å². The van der Waals surface area contributed by atoms with Gasteiger partial charge in [0, 0.05) is 38.1 Å². The lowest BCUT2D eigenvalue weighted by atomic mass is 10.1. The molecule has 2 aromatic heterocycles. The van der Waals surface area contributed by atoms with Crippen LogP contribution in [0.4, 0.5) is 5.82 Å². The van der Waals surface area contributed by atoms with E-state index < -0.39 is 0 Å². The van der Waals surface area contributed by atoms with E-state index in [0.29, 0.717) is 18.9 Å². The number of anilines is 1. The van der Waals surface area contributed by atoms with Gasteiger partial charge in [-0.1, -0.05) is 6.07 Å². The van der Waals surface area contributed by atoms with Crippen molar-refractivity contribution in [1.82, 2.24) is 14.9 Å². The van der Waals surface area contributed by atoms with Gasteiger partial charge in [-0.3, -0.25) is 14.5 Å². The molecule has 1 aliphatic rings. The fourth-order valence-corrected chi connectivity index (χ4v) is 2.62. The second-order valence-electron chi connectivity index (χ2n) is 5.42. The smallest absolute Gasteiger partial charge is 0.229 e. The standard InChI is InChI=1S/C16H18N4O2/c1-19-8-4-5-13(19)10-18-16(22)12-9-15(21)20(11-12)14-6-2-3-7-17-14/h2-8,12H,9-11H2,1H3,(H,18,22). The van der Waals surface area contributed by atoms with Crippen molar-refractivity contribution >= 4 is 17.6 Å². The van der Waals surface area contributed by atoms with Crippen LogP contribution in [0.25, 0.3) is 0 Å². The number of amides is 2. The molecule has 6 nitrogen and oxygen atoms in total. The maximum atomic E-state index is 12.3. The van der Waals surface area contributed by atoms with Crippen molar-refractivity contribution in [1.29, 1.82) is 0 Å². The molecular formula is C16H18N4O2. The van der Waals surface area contributed by atoms with Crippen molar-refractivity contribution < 1.29 is 9.59 Å². The van der Waals surface area contributed by atoms with Crippen LogP contribution >= 0.6 is 0 Å². The highest BCUT2D eigenvalue weighted by Gasteiger charge is 2.35. The molecule has 1 aliphatic heterocycles. The van der Waals surface area contributed by atoms with Crippen molar-refractivity contribution in [2.24, 2.45) is 13.0 Å². The Kier molecular flexibility index (Phi) is 3.91. The zero-order chi connectivity index (χ0) is 15.5. The number of aryl methyl sites for hydroxylation is 1. The minimum absolute atomic E-state index is 0.0577. The highest BCUT2D eigenvalue weighted by Crippen LogP contribution is 2.23. The maximum absolute atomic E-state index is 12.3. The number of nitrogens with one attached hydrogen (secondary N) is 1. The van der Waals surface area contributed by atoms with Gasteiger partial charge in [0.25, 0.3) is 0 Å². The summed E-state index contributed by atoms with van der Waals surface area (Å²) in [6.07, 6.45) is 3.81. The summed E-state index contributed by atoms with van der Waals surface area (Å²) in [5.74, 6) is 0.130. The van der Waals surface area contributed by atoms with Crippen molar-refractivity contribution in [3.63, 3.8) is 0 Å². The molecule has 3 rings (SSSR count). The average Bonchev–Trinajstić information content (AvgIpc) is 3.12. The molecule has 1 unspecified atom stereocenters. The average molecular weight is 298 g/mol. The molecule has 0 spiro atoms. The third kappa shape index (κ3) is 2.86. The minimum atomic E-state index is -0.324. The molecule has 1 fully saturated rings. The molecule has 6 heteroatoms. The van der Waals surface area contributed by atoms with Gasteiger partial charge in [-0.05, 0) is 24.3 Å². The molecule has 0 aromatic carbocycles. The van der Waals surface area contributed by atoms with E-state index in [-0.39, 0.29) is 24.2 Å². The second-order valence-corrected chi connectivity index (χ2v) is 5.42. The maximum Gasteiger partial charge on any atom is 0.229 e. The normalized spacial score (nSPS) is 17.8. The quantitative estimate of drug-likeness (QED) is 0.919. The molecule has 1 atom stereocenters. The molecule has 3 heterocycles. The fourth-order valence-electron chi connectivity index (χ4n) is 2.62. The molecular weight excluding hydrogens is 280 g/mol. The molecule has 2 aromatic rings. The first-order chi connectivity index (χ1) is 10.6. The van der Waals surface area contributed by atoms with Crippen molar-refractivity contribution in [3.8, 4) is 0 Å². The topological polar surface area (TPSA) is 67.2 Å². The predicted octanol–water partition coefficient (Wildman–Crippen LogP) is 1.09. The molecule has 0 saturated carbocycles. The molecule has 1 saturated heterocycles. The van der Waals surface area contributed by atoms with Gasteiger partial charge < -0.3 is 9.88 Å². The van der Waals surface area contributed by atoms with Gasteiger partial charge in [0.05, 0.1) is 12.5 Å². The summed E-state index contributed by atoms with van der Waals surface area (Å²) in [6, 6.07) is 9.30. The minimum Gasteiger partial charge on any atom is -0.353 e. The van der Waals surface area contributed by atoms with Crippen molar-refractivity contribution in [2.45, 2.75) is 13.0 Å². The monoisotopic (exact) mass is 298 g/mol. The first kappa shape index (κ1) is 14.3. The summed E-state index contributed by atoms with van der Waals surface area (Å²) in [7, 11) is 1.93. The van der Waals surface area contributed by atoms with Crippen molar-refractivity contribution in [3.05, 3.63) is 48.4 Å². The van der Waals surface area contributed by atoms with Crippen LogP contribution in [0.5, 0.6) is 0 Å². The van der Waals surface area contributed by atoms with Crippen molar-refractivity contribution in [2.75, 3.05) is 11.4 Å². The number of hydrogen-bond donors (Lipinski definition) is 1. The predicted molar refractivity (Wildman–Crippen MR) is 82.0 cm³/mol. The summed E-state index contributed by atoms with van der Waals surface area (Å²) in [6.45, 7) is 0.853. The molecule has 1 N–H and O–H groups in total. The van der Waals surface area contributed by atoms with Crippen LogP contribution in [-0.4, -0.2) is 27.9 Å². The molecule has 0 bridgehead atoms. The van der Waals surface area contributed by atoms with Crippen LogP contribution in [0.15, 0.2) is 42.7 Å². The van der Waals surface area contributed by atoms with Crippen LogP contribution in [0.3, 0.4) is 0 Å². The molecule has 0 aliphatic carbocycles. The van der Waals surface area contributed by atoms with Crippen LogP contribution in [0.1, 0.15) is 12.1 Å². The lowest BCUT2D eigenvalue weighted by molar-refractivity contribution is -0.126. The second kappa shape index (κ2) is 6.01. The summed E-state index contributed by atoms with van der Waals surface area (Å²) in [5.41, 5.74) is 1.03. The van der Waals surface area contributed by atoms with Crippen LogP contribution in [0, 0.1) is 5.92 Å². The van der Waals surface area contributed by atoms with E-state index in [1.165, 1.54) is 0 Å². The highest BCUT2D eigenvalue weighted by molar-refractivity contribution is 5.99. The number of aromatic nitrogens is 2. The molecule has 0 radical (unpaired) electrons. The first-order valence-corrected chi connectivity index (χ1v) is 7.24. The number of nitrogens with zero attached hydrogens (tertiary/aromatic N) is 3. The van der Waals surface area contributed by atoms with E-state index in [0.717, 1.165) is 5.69 Å². The van der Waals surface area contributed by atoms with Crippen LogP contribution < -0.4 is 10.2 Å². The van der Waals surface area contributed by atoms with E-state index in [2.05, 4.69) is 10.3 Å². The van der Waals surface area contributed by atoms with Gasteiger partial charge in [-0.25, -0.2) is 4.98 Å². The Morgan fingerprint density at radius 1 is 1.36 bits per heavy atom. The third-order valence-electron chi connectivity index (χ3n) is 3.92. The summed E-state index contributed by atoms with van der Waals surface area (Å²) in [4.78, 5) is 30.1. The first-order valence-electron chi connectivity index (χ1n) is 7.24. The number of carbonyl (C=O) groups excluding carboxylic acids is 2. The Morgan fingerprint density at radius 3 is 2.91 bits per heavy atom.